The Labute approximate surface area is 138 Å². The number of anilines is 1. The van der Waals surface area contributed by atoms with Gasteiger partial charge in [-0.2, -0.15) is 5.26 Å². The van der Waals surface area contributed by atoms with E-state index in [0.29, 0.717) is 17.7 Å². The van der Waals surface area contributed by atoms with Gasteiger partial charge in [0.2, 0.25) is 0 Å². The molecule has 1 N–H and O–H groups in total. The summed E-state index contributed by atoms with van der Waals surface area (Å²) in [7, 11) is 0. The number of ether oxygens (including phenoxy) is 1. The van der Waals surface area contributed by atoms with Crippen molar-refractivity contribution in [3.8, 4) is 6.07 Å². The Morgan fingerprint density at radius 1 is 1.45 bits per heavy atom. The first-order valence-electron chi connectivity index (χ1n) is 6.59. The molecule has 22 heavy (non-hydrogen) atoms. The molecule has 1 amide bonds. The Kier molecular flexibility index (Phi) is 4.37. The molecule has 1 saturated carbocycles. The van der Waals surface area contributed by atoms with Gasteiger partial charge in [0.25, 0.3) is 5.91 Å². The zero-order valence-electron chi connectivity index (χ0n) is 12.0. The summed E-state index contributed by atoms with van der Waals surface area (Å²) in [6.45, 7) is 3.05. The van der Waals surface area contributed by atoms with Crippen LogP contribution in [0.2, 0.25) is 0 Å². The molecule has 0 radical (unpaired) electrons. The van der Waals surface area contributed by atoms with Crippen LogP contribution in [0.15, 0.2) is 24.3 Å². The summed E-state index contributed by atoms with van der Waals surface area (Å²) in [4.78, 5) is 24.0. The van der Waals surface area contributed by atoms with Crippen molar-refractivity contribution in [1.82, 2.24) is 0 Å². The summed E-state index contributed by atoms with van der Waals surface area (Å²) in [6, 6.07) is 8.40. The predicted molar refractivity (Wildman–Crippen MR) is 82.5 cm³/mol. The highest BCUT2D eigenvalue weighted by molar-refractivity contribution is 6.53. The summed E-state index contributed by atoms with van der Waals surface area (Å²) < 4.78 is 3.98. The summed E-state index contributed by atoms with van der Waals surface area (Å²) in [5.41, 5.74) is -0.110. The van der Waals surface area contributed by atoms with E-state index in [0.717, 1.165) is 0 Å². The zero-order valence-corrected chi connectivity index (χ0v) is 13.5. The predicted octanol–water partition coefficient (Wildman–Crippen LogP) is 3.01. The number of esters is 1. The smallest absolute Gasteiger partial charge is 0.315 e. The largest absolute Gasteiger partial charge is 0.452 e. The molecule has 1 fully saturated rings. The van der Waals surface area contributed by atoms with Gasteiger partial charge in [-0.05, 0) is 32.0 Å². The van der Waals surface area contributed by atoms with Crippen molar-refractivity contribution < 1.29 is 14.3 Å². The number of benzene rings is 1. The van der Waals surface area contributed by atoms with Crippen LogP contribution in [-0.4, -0.2) is 22.3 Å². The van der Waals surface area contributed by atoms with E-state index in [4.69, 9.17) is 33.2 Å². The second-order valence-corrected chi connectivity index (χ2v) is 6.93. The molecular weight excluding hydrogens is 327 g/mol. The molecule has 7 heteroatoms. The van der Waals surface area contributed by atoms with Gasteiger partial charge in [-0.3, -0.25) is 9.59 Å². The Balaban J connectivity index is 1.95. The van der Waals surface area contributed by atoms with Crippen molar-refractivity contribution in [2.24, 2.45) is 5.41 Å². The fourth-order valence-electron chi connectivity index (χ4n) is 1.88. The van der Waals surface area contributed by atoms with Gasteiger partial charge < -0.3 is 10.1 Å². The number of hydrogen-bond donors (Lipinski definition) is 1. The third-order valence-electron chi connectivity index (χ3n) is 3.62. The minimum absolute atomic E-state index is 0.292. The number of nitriles is 1. The Hall–Kier alpha value is -1.77. The Morgan fingerprint density at radius 3 is 2.64 bits per heavy atom. The van der Waals surface area contributed by atoms with Gasteiger partial charge in [-0.15, -0.1) is 23.2 Å². The molecule has 2 atom stereocenters. The van der Waals surface area contributed by atoms with Gasteiger partial charge in [0.05, 0.1) is 11.6 Å². The van der Waals surface area contributed by atoms with Gasteiger partial charge in [0.1, 0.15) is 9.75 Å². The highest BCUT2D eigenvalue weighted by atomic mass is 35.5. The first-order valence-corrected chi connectivity index (χ1v) is 7.35. The van der Waals surface area contributed by atoms with Crippen LogP contribution in [0.1, 0.15) is 25.8 Å². The van der Waals surface area contributed by atoms with Gasteiger partial charge in [0, 0.05) is 12.1 Å². The van der Waals surface area contributed by atoms with Gasteiger partial charge in [-0.1, -0.05) is 6.07 Å². The number of carbonyl (C=O) groups is 2. The third-order valence-corrected chi connectivity index (χ3v) is 4.72. The summed E-state index contributed by atoms with van der Waals surface area (Å²) >= 11 is 11.8. The van der Waals surface area contributed by atoms with Crippen LogP contribution in [0, 0.1) is 16.7 Å². The van der Waals surface area contributed by atoms with E-state index in [1.54, 1.807) is 25.1 Å². The van der Waals surface area contributed by atoms with Gasteiger partial charge in [-0.25, -0.2) is 0 Å². The normalized spacial score (nSPS) is 23.0. The number of nitrogens with zero attached hydrogens (tertiary/aromatic N) is 1. The first-order chi connectivity index (χ1) is 10.2. The number of amides is 1. The number of halogens is 2. The number of carbonyl (C=O) groups excluding carboxylic acids is 2. The second kappa shape index (κ2) is 5.79. The molecule has 1 aromatic rings. The fourth-order valence-corrected chi connectivity index (χ4v) is 2.56. The van der Waals surface area contributed by atoms with Crippen LogP contribution >= 0.6 is 23.2 Å². The highest BCUT2D eigenvalue weighted by Crippen LogP contribution is 2.64. The van der Waals surface area contributed by atoms with E-state index < -0.39 is 27.7 Å². The number of alkyl halides is 2. The summed E-state index contributed by atoms with van der Waals surface area (Å²) in [6.07, 6.45) is -0.708. The van der Waals surface area contributed by atoms with Crippen molar-refractivity contribution in [2.75, 3.05) is 5.32 Å². The lowest BCUT2D eigenvalue weighted by atomic mass is 10.1. The number of nitrogens with one attached hydrogen (secondary N) is 1. The molecule has 2 rings (SSSR count). The quantitative estimate of drug-likeness (QED) is 0.674. The van der Waals surface area contributed by atoms with Crippen molar-refractivity contribution in [3.05, 3.63) is 29.8 Å². The molecule has 0 heterocycles. The number of rotatable bonds is 4. The van der Waals surface area contributed by atoms with Crippen molar-refractivity contribution in [2.45, 2.75) is 30.7 Å². The van der Waals surface area contributed by atoms with Gasteiger partial charge >= 0.3 is 5.97 Å². The lowest BCUT2D eigenvalue weighted by Gasteiger charge is -2.17. The third kappa shape index (κ3) is 3.18. The van der Waals surface area contributed by atoms with E-state index >= 15 is 0 Å². The van der Waals surface area contributed by atoms with E-state index in [-0.39, 0.29) is 0 Å². The molecule has 0 unspecified atom stereocenters. The molecule has 116 valence electrons. The van der Waals surface area contributed by atoms with E-state index in [1.807, 2.05) is 6.07 Å². The van der Waals surface area contributed by atoms with Crippen LogP contribution in [0.5, 0.6) is 0 Å². The SMILES string of the molecule is C[C@H](OC(=O)[C@@]1(C)CC1(Cl)Cl)C(=O)Nc1cccc(C#N)c1. The molecule has 1 aromatic carbocycles. The lowest BCUT2D eigenvalue weighted by Crippen LogP contribution is -2.33. The maximum Gasteiger partial charge on any atom is 0.315 e. The number of hydrogen-bond acceptors (Lipinski definition) is 4. The van der Waals surface area contributed by atoms with Crippen LogP contribution in [0.25, 0.3) is 0 Å². The Bertz CT molecular complexity index is 669. The maximum absolute atomic E-state index is 12.0. The minimum Gasteiger partial charge on any atom is -0.452 e. The molecule has 5 nitrogen and oxygen atoms in total. The van der Waals surface area contributed by atoms with E-state index in [2.05, 4.69) is 5.32 Å². The topological polar surface area (TPSA) is 79.2 Å². The minimum atomic E-state index is -1.14. The Morgan fingerprint density at radius 2 is 2.09 bits per heavy atom. The van der Waals surface area contributed by atoms with Crippen molar-refractivity contribution in [3.63, 3.8) is 0 Å². The summed E-state index contributed by atoms with van der Waals surface area (Å²) in [5, 5.41) is 11.4. The molecule has 0 aromatic heterocycles. The molecule has 0 aliphatic heterocycles. The zero-order chi connectivity index (χ0) is 16.5. The molecule has 1 aliphatic rings. The monoisotopic (exact) mass is 340 g/mol. The standard InChI is InChI=1S/C15H14Cl2N2O3/c1-9(22-13(21)14(2)8-15(14,16)17)12(20)19-11-5-3-4-10(6-11)7-18/h3-6,9H,8H2,1-2H3,(H,19,20)/t9-,14+/m0/s1. The van der Waals surface area contributed by atoms with E-state index in [9.17, 15) is 9.59 Å². The second-order valence-electron chi connectivity index (χ2n) is 5.44. The van der Waals surface area contributed by atoms with Crippen molar-refractivity contribution in [1.29, 1.82) is 5.26 Å². The van der Waals surface area contributed by atoms with Crippen molar-refractivity contribution >= 4 is 40.8 Å². The maximum atomic E-state index is 12.0. The van der Waals surface area contributed by atoms with E-state index in [1.165, 1.54) is 13.0 Å². The first kappa shape index (κ1) is 16.6. The summed E-state index contributed by atoms with van der Waals surface area (Å²) in [5.74, 6) is -1.10. The lowest BCUT2D eigenvalue weighted by molar-refractivity contribution is -0.158. The molecule has 0 saturated heterocycles. The van der Waals surface area contributed by atoms with Crippen LogP contribution in [0.4, 0.5) is 5.69 Å². The van der Waals surface area contributed by atoms with Crippen LogP contribution < -0.4 is 5.32 Å². The van der Waals surface area contributed by atoms with Crippen LogP contribution in [0.3, 0.4) is 0 Å². The van der Waals surface area contributed by atoms with Gasteiger partial charge in [0.15, 0.2) is 6.10 Å². The molecular formula is C15H14Cl2N2O3. The van der Waals surface area contributed by atoms with Crippen LogP contribution in [-0.2, 0) is 14.3 Å². The molecule has 0 bridgehead atoms. The fraction of sp³-hybridized carbons (Fsp3) is 0.400. The molecule has 0 spiro atoms. The average molecular weight is 341 g/mol. The average Bonchev–Trinajstić information content (AvgIpc) is 2.99. The highest BCUT2D eigenvalue weighted by Gasteiger charge is 2.69. The molecule has 1 aliphatic carbocycles.